The molecule has 0 aliphatic carbocycles. The van der Waals surface area contributed by atoms with E-state index in [1.54, 1.807) is 26.8 Å². The Bertz CT molecular complexity index is 907. The molecule has 1 aromatic heterocycles. The van der Waals surface area contributed by atoms with Crippen molar-refractivity contribution in [3.63, 3.8) is 0 Å². The molecule has 0 spiro atoms. The minimum atomic E-state index is -0.537. The SMILES string of the molecule is Cc1cccc(-n2nc(OCCCNC(=O)OC(C)(C)C)c(Br)c(Br)c2=O)c1. The van der Waals surface area contributed by atoms with Gasteiger partial charge in [-0.15, -0.1) is 5.10 Å². The first-order valence-corrected chi connectivity index (χ1v) is 10.3. The van der Waals surface area contributed by atoms with Gasteiger partial charge in [-0.1, -0.05) is 12.1 Å². The number of carbonyl (C=O) groups excluding carboxylic acids is 1. The van der Waals surface area contributed by atoms with Gasteiger partial charge >= 0.3 is 6.09 Å². The van der Waals surface area contributed by atoms with Crippen LogP contribution in [0.2, 0.25) is 0 Å². The molecule has 2 aromatic rings. The second kappa shape index (κ2) is 9.56. The van der Waals surface area contributed by atoms with Crippen molar-refractivity contribution in [2.75, 3.05) is 13.2 Å². The molecule has 9 heteroatoms. The highest BCUT2D eigenvalue weighted by atomic mass is 79.9. The molecule has 2 rings (SSSR count). The lowest BCUT2D eigenvalue weighted by Gasteiger charge is -2.19. The third kappa shape index (κ3) is 6.34. The molecule has 152 valence electrons. The van der Waals surface area contributed by atoms with Crippen molar-refractivity contribution in [1.82, 2.24) is 15.1 Å². The molecular formula is C19H23Br2N3O4. The summed E-state index contributed by atoms with van der Waals surface area (Å²) in [6.07, 6.45) is 0.0803. The summed E-state index contributed by atoms with van der Waals surface area (Å²) in [6, 6.07) is 7.47. The molecule has 1 amide bonds. The summed E-state index contributed by atoms with van der Waals surface area (Å²) in [5, 5.41) is 6.98. The van der Waals surface area contributed by atoms with Gasteiger partial charge in [0.1, 0.15) is 14.5 Å². The zero-order valence-corrected chi connectivity index (χ0v) is 19.4. The van der Waals surface area contributed by atoms with Crippen LogP contribution in [0.15, 0.2) is 38.0 Å². The first kappa shape index (κ1) is 22.4. The summed E-state index contributed by atoms with van der Waals surface area (Å²) >= 11 is 6.63. The molecule has 1 aromatic carbocycles. The van der Waals surface area contributed by atoms with Gasteiger partial charge in [0.2, 0.25) is 5.88 Å². The molecule has 7 nitrogen and oxygen atoms in total. The molecule has 0 unspecified atom stereocenters. The standard InChI is InChI=1S/C19H23Br2N3O4/c1-12-7-5-8-13(11-12)24-17(25)15(21)14(20)16(23-24)27-10-6-9-22-18(26)28-19(2,3)4/h5,7-8,11H,6,9-10H2,1-4H3,(H,22,26). The normalized spacial score (nSPS) is 11.2. The van der Waals surface area contributed by atoms with Crippen LogP contribution in [0.1, 0.15) is 32.8 Å². The van der Waals surface area contributed by atoms with Gasteiger partial charge < -0.3 is 14.8 Å². The van der Waals surface area contributed by atoms with Gasteiger partial charge in [-0.2, -0.15) is 4.68 Å². The topological polar surface area (TPSA) is 82.4 Å². The Morgan fingerprint density at radius 1 is 1.25 bits per heavy atom. The number of nitrogens with zero attached hydrogens (tertiary/aromatic N) is 2. The Labute approximate surface area is 180 Å². The van der Waals surface area contributed by atoms with E-state index in [-0.39, 0.29) is 11.4 Å². The van der Waals surface area contributed by atoms with E-state index in [0.717, 1.165) is 5.56 Å². The second-order valence-corrected chi connectivity index (χ2v) is 8.71. The van der Waals surface area contributed by atoms with Gasteiger partial charge in [0, 0.05) is 6.54 Å². The Morgan fingerprint density at radius 3 is 2.61 bits per heavy atom. The summed E-state index contributed by atoms with van der Waals surface area (Å²) in [5.41, 5.74) is 0.831. The molecule has 1 heterocycles. The molecule has 0 radical (unpaired) electrons. The fraction of sp³-hybridized carbons (Fsp3) is 0.421. The van der Waals surface area contributed by atoms with Crippen LogP contribution in [-0.4, -0.2) is 34.6 Å². The number of carbonyl (C=O) groups is 1. The zero-order chi connectivity index (χ0) is 20.9. The van der Waals surface area contributed by atoms with Crippen LogP contribution in [0.5, 0.6) is 5.88 Å². The largest absolute Gasteiger partial charge is 0.476 e. The monoisotopic (exact) mass is 515 g/mol. The lowest BCUT2D eigenvalue weighted by Crippen LogP contribution is -2.33. The minimum Gasteiger partial charge on any atom is -0.476 e. The highest BCUT2D eigenvalue weighted by Crippen LogP contribution is 2.28. The van der Waals surface area contributed by atoms with E-state index in [1.807, 2.05) is 25.1 Å². The predicted molar refractivity (Wildman–Crippen MR) is 114 cm³/mol. The molecule has 28 heavy (non-hydrogen) atoms. The van der Waals surface area contributed by atoms with Gasteiger partial charge in [-0.25, -0.2) is 4.79 Å². The molecule has 0 aliphatic rings. The van der Waals surface area contributed by atoms with Crippen molar-refractivity contribution in [2.45, 2.75) is 39.7 Å². The molecule has 0 saturated heterocycles. The van der Waals surface area contributed by atoms with Crippen molar-refractivity contribution >= 4 is 38.0 Å². The Kier molecular flexibility index (Phi) is 7.65. The molecular weight excluding hydrogens is 494 g/mol. The Balaban J connectivity index is 2.02. The van der Waals surface area contributed by atoms with Gasteiger partial charge in [-0.05, 0) is 83.7 Å². The molecule has 0 bridgehead atoms. The Hall–Kier alpha value is -1.87. The maximum atomic E-state index is 12.5. The van der Waals surface area contributed by atoms with Crippen LogP contribution in [0.4, 0.5) is 4.79 Å². The molecule has 0 saturated carbocycles. The van der Waals surface area contributed by atoms with Crippen molar-refractivity contribution in [2.24, 2.45) is 0 Å². The van der Waals surface area contributed by atoms with Crippen molar-refractivity contribution in [1.29, 1.82) is 0 Å². The van der Waals surface area contributed by atoms with Gasteiger partial charge in [0.15, 0.2) is 0 Å². The smallest absolute Gasteiger partial charge is 0.407 e. The fourth-order valence-corrected chi connectivity index (χ4v) is 2.93. The average Bonchev–Trinajstić information content (AvgIpc) is 2.59. The number of amides is 1. The predicted octanol–water partition coefficient (Wildman–Crippen LogP) is 4.36. The van der Waals surface area contributed by atoms with E-state index >= 15 is 0 Å². The number of hydrogen-bond donors (Lipinski definition) is 1. The number of alkyl carbamates (subject to hydrolysis) is 1. The first-order valence-electron chi connectivity index (χ1n) is 8.73. The van der Waals surface area contributed by atoms with Crippen molar-refractivity contribution < 1.29 is 14.3 Å². The van der Waals surface area contributed by atoms with E-state index in [4.69, 9.17) is 9.47 Å². The molecule has 0 fully saturated rings. The van der Waals surface area contributed by atoms with E-state index < -0.39 is 11.7 Å². The summed E-state index contributed by atoms with van der Waals surface area (Å²) in [6.45, 7) is 8.06. The number of hydrogen-bond acceptors (Lipinski definition) is 5. The van der Waals surface area contributed by atoms with Crippen LogP contribution in [0.25, 0.3) is 5.69 Å². The third-order valence-corrected chi connectivity index (χ3v) is 5.43. The summed E-state index contributed by atoms with van der Waals surface area (Å²) in [5.74, 6) is 0.283. The zero-order valence-electron chi connectivity index (χ0n) is 16.2. The van der Waals surface area contributed by atoms with Crippen LogP contribution >= 0.6 is 31.9 Å². The van der Waals surface area contributed by atoms with Gasteiger partial charge in [0.05, 0.1) is 12.3 Å². The number of ether oxygens (including phenoxy) is 2. The van der Waals surface area contributed by atoms with E-state index in [1.165, 1.54) is 4.68 Å². The van der Waals surface area contributed by atoms with Gasteiger partial charge in [-0.3, -0.25) is 4.79 Å². The number of rotatable bonds is 6. The van der Waals surface area contributed by atoms with E-state index in [2.05, 4.69) is 42.3 Å². The molecule has 1 N–H and O–H groups in total. The lowest BCUT2D eigenvalue weighted by molar-refractivity contribution is 0.0525. The summed E-state index contributed by atoms with van der Waals surface area (Å²) in [7, 11) is 0. The van der Waals surface area contributed by atoms with Crippen LogP contribution in [-0.2, 0) is 4.74 Å². The van der Waals surface area contributed by atoms with Crippen LogP contribution in [0.3, 0.4) is 0 Å². The first-order chi connectivity index (χ1) is 13.1. The van der Waals surface area contributed by atoms with Crippen molar-refractivity contribution in [3.8, 4) is 11.6 Å². The fourth-order valence-electron chi connectivity index (χ4n) is 2.23. The minimum absolute atomic E-state index is 0.283. The molecule has 0 atom stereocenters. The maximum Gasteiger partial charge on any atom is 0.407 e. The number of halogens is 2. The van der Waals surface area contributed by atoms with Crippen LogP contribution < -0.4 is 15.6 Å². The highest BCUT2D eigenvalue weighted by molar-refractivity contribution is 9.13. The number of benzene rings is 1. The quantitative estimate of drug-likeness (QED) is 0.577. The second-order valence-electron chi connectivity index (χ2n) is 7.12. The lowest BCUT2D eigenvalue weighted by atomic mass is 10.2. The maximum absolute atomic E-state index is 12.5. The number of nitrogens with one attached hydrogen (secondary N) is 1. The highest BCUT2D eigenvalue weighted by Gasteiger charge is 2.17. The summed E-state index contributed by atoms with van der Waals surface area (Å²) < 4.78 is 12.9. The third-order valence-electron chi connectivity index (χ3n) is 3.43. The number of aryl methyl sites for hydroxylation is 1. The van der Waals surface area contributed by atoms with Gasteiger partial charge in [0.25, 0.3) is 5.56 Å². The van der Waals surface area contributed by atoms with E-state index in [0.29, 0.717) is 34.2 Å². The van der Waals surface area contributed by atoms with Crippen molar-refractivity contribution in [3.05, 3.63) is 49.1 Å². The number of aromatic nitrogens is 2. The molecule has 0 aliphatic heterocycles. The van der Waals surface area contributed by atoms with E-state index in [9.17, 15) is 9.59 Å². The average molecular weight is 517 g/mol. The van der Waals surface area contributed by atoms with Crippen LogP contribution in [0, 0.1) is 6.92 Å². The summed E-state index contributed by atoms with van der Waals surface area (Å²) in [4.78, 5) is 24.1. The Morgan fingerprint density at radius 2 is 1.96 bits per heavy atom.